The second kappa shape index (κ2) is 8.02. The molecule has 0 spiro atoms. The van der Waals surface area contributed by atoms with Crippen molar-refractivity contribution in [3.63, 3.8) is 0 Å². The first-order chi connectivity index (χ1) is 10.2. The molecule has 1 aliphatic rings. The largest absolute Gasteiger partial charge is 0.469 e. The zero-order valence-electron chi connectivity index (χ0n) is 12.3. The quantitative estimate of drug-likeness (QED) is 0.593. The molecule has 1 N–H and O–H groups in total. The van der Waals surface area contributed by atoms with Gasteiger partial charge in [-0.3, -0.25) is 4.79 Å². The standard InChI is InChI=1S/C15H22N2O3S/c1-20-14(18)6-2-3-9-16-15(19)17(12-7-8-12)11-13-5-4-10-21-13/h4-5,10,12H,2-3,6-9,11H2,1H3,(H,16,19). The average Bonchev–Trinajstić information content (AvgIpc) is 3.20. The summed E-state index contributed by atoms with van der Waals surface area (Å²) in [5.41, 5.74) is 0. The van der Waals surface area contributed by atoms with Gasteiger partial charge in [0.1, 0.15) is 0 Å². The number of hydrogen-bond donors (Lipinski definition) is 1. The molecule has 1 heterocycles. The maximum Gasteiger partial charge on any atom is 0.317 e. The van der Waals surface area contributed by atoms with Crippen molar-refractivity contribution in [2.45, 2.75) is 44.7 Å². The molecular weight excluding hydrogens is 288 g/mol. The van der Waals surface area contributed by atoms with Gasteiger partial charge in [-0.1, -0.05) is 6.07 Å². The van der Waals surface area contributed by atoms with Crippen LogP contribution in [-0.2, 0) is 16.1 Å². The Kier molecular flexibility index (Phi) is 6.04. The van der Waals surface area contributed by atoms with E-state index >= 15 is 0 Å². The predicted octanol–water partition coefficient (Wildman–Crippen LogP) is 2.77. The molecular formula is C15H22N2O3S. The van der Waals surface area contributed by atoms with Gasteiger partial charge in [-0.05, 0) is 37.1 Å². The first kappa shape index (κ1) is 15.8. The van der Waals surface area contributed by atoms with Crippen LogP contribution in [0.4, 0.5) is 4.79 Å². The van der Waals surface area contributed by atoms with Crippen LogP contribution in [0.25, 0.3) is 0 Å². The lowest BCUT2D eigenvalue weighted by atomic mass is 10.2. The molecule has 1 aromatic rings. The Morgan fingerprint density at radius 3 is 2.86 bits per heavy atom. The second-order valence-corrected chi connectivity index (χ2v) is 6.24. The number of carbonyl (C=O) groups is 2. The lowest BCUT2D eigenvalue weighted by Gasteiger charge is -2.22. The molecule has 6 heteroatoms. The Morgan fingerprint density at radius 2 is 2.24 bits per heavy atom. The van der Waals surface area contributed by atoms with Gasteiger partial charge < -0.3 is 15.0 Å². The molecule has 5 nitrogen and oxygen atoms in total. The van der Waals surface area contributed by atoms with Gasteiger partial charge in [0, 0.05) is 23.9 Å². The Labute approximate surface area is 129 Å². The molecule has 0 aliphatic heterocycles. The fourth-order valence-corrected chi connectivity index (χ4v) is 2.82. The van der Waals surface area contributed by atoms with Crippen LogP contribution in [0.2, 0.25) is 0 Å². The molecule has 0 aromatic carbocycles. The maximum atomic E-state index is 12.2. The summed E-state index contributed by atoms with van der Waals surface area (Å²) in [7, 11) is 1.39. The first-order valence-electron chi connectivity index (χ1n) is 7.34. The van der Waals surface area contributed by atoms with Gasteiger partial charge in [-0.2, -0.15) is 0 Å². The number of unbranched alkanes of at least 4 members (excludes halogenated alkanes) is 1. The minimum absolute atomic E-state index is 0.00367. The van der Waals surface area contributed by atoms with Crippen molar-refractivity contribution in [1.29, 1.82) is 0 Å². The third-order valence-corrected chi connectivity index (χ3v) is 4.33. The summed E-state index contributed by atoms with van der Waals surface area (Å²) >= 11 is 1.68. The highest BCUT2D eigenvalue weighted by atomic mass is 32.1. The van der Waals surface area contributed by atoms with Gasteiger partial charge >= 0.3 is 12.0 Å². The van der Waals surface area contributed by atoms with Crippen LogP contribution in [0.15, 0.2) is 17.5 Å². The van der Waals surface area contributed by atoms with Crippen molar-refractivity contribution in [2.24, 2.45) is 0 Å². The van der Waals surface area contributed by atoms with Gasteiger partial charge in [0.2, 0.25) is 0 Å². The number of amides is 2. The number of hydrogen-bond acceptors (Lipinski definition) is 4. The number of carbonyl (C=O) groups excluding carboxylic acids is 2. The van der Waals surface area contributed by atoms with Crippen LogP contribution >= 0.6 is 11.3 Å². The fraction of sp³-hybridized carbons (Fsp3) is 0.600. The third-order valence-electron chi connectivity index (χ3n) is 3.47. The monoisotopic (exact) mass is 310 g/mol. The van der Waals surface area contributed by atoms with Crippen LogP contribution in [0.5, 0.6) is 0 Å². The van der Waals surface area contributed by atoms with Crippen LogP contribution in [0, 0.1) is 0 Å². The van der Waals surface area contributed by atoms with E-state index in [0.29, 0.717) is 25.6 Å². The zero-order valence-corrected chi connectivity index (χ0v) is 13.2. The van der Waals surface area contributed by atoms with Gasteiger partial charge in [-0.25, -0.2) is 4.79 Å². The molecule has 0 saturated heterocycles. The molecule has 21 heavy (non-hydrogen) atoms. The Hall–Kier alpha value is -1.56. The van der Waals surface area contributed by atoms with Crippen molar-refractivity contribution in [3.8, 4) is 0 Å². The number of methoxy groups -OCH3 is 1. The van der Waals surface area contributed by atoms with Gasteiger partial charge in [0.25, 0.3) is 0 Å². The summed E-state index contributed by atoms with van der Waals surface area (Å²) in [5, 5.41) is 4.98. The highest BCUT2D eigenvalue weighted by Gasteiger charge is 2.32. The van der Waals surface area contributed by atoms with E-state index in [1.54, 1.807) is 11.3 Å². The van der Waals surface area contributed by atoms with Gasteiger partial charge in [0.15, 0.2) is 0 Å². The molecule has 0 unspecified atom stereocenters. The van der Waals surface area contributed by atoms with E-state index in [4.69, 9.17) is 0 Å². The maximum absolute atomic E-state index is 12.2. The topological polar surface area (TPSA) is 58.6 Å². The van der Waals surface area contributed by atoms with E-state index in [9.17, 15) is 9.59 Å². The molecule has 2 amide bonds. The summed E-state index contributed by atoms with van der Waals surface area (Å²) in [4.78, 5) is 26.3. The van der Waals surface area contributed by atoms with Crippen LogP contribution in [0.3, 0.4) is 0 Å². The minimum atomic E-state index is -0.196. The molecule has 1 fully saturated rings. The second-order valence-electron chi connectivity index (χ2n) is 5.20. The fourth-order valence-electron chi connectivity index (χ4n) is 2.12. The van der Waals surface area contributed by atoms with E-state index in [-0.39, 0.29) is 12.0 Å². The van der Waals surface area contributed by atoms with Crippen molar-refractivity contribution in [2.75, 3.05) is 13.7 Å². The molecule has 0 bridgehead atoms. The third kappa shape index (κ3) is 5.38. The lowest BCUT2D eigenvalue weighted by molar-refractivity contribution is -0.140. The number of rotatable bonds is 8. The van der Waals surface area contributed by atoms with Gasteiger partial charge in [-0.15, -0.1) is 11.3 Å². The SMILES string of the molecule is COC(=O)CCCCNC(=O)N(Cc1cccs1)C1CC1. The summed E-state index contributed by atoms with van der Waals surface area (Å²) in [6.07, 6.45) is 4.13. The Bertz CT molecular complexity index is 457. The highest BCUT2D eigenvalue weighted by Crippen LogP contribution is 2.29. The smallest absolute Gasteiger partial charge is 0.317 e. The Balaban J connectivity index is 1.68. The molecule has 0 radical (unpaired) electrons. The number of urea groups is 1. The van der Waals surface area contributed by atoms with Crippen molar-refractivity contribution < 1.29 is 14.3 Å². The van der Waals surface area contributed by atoms with E-state index in [1.165, 1.54) is 12.0 Å². The van der Waals surface area contributed by atoms with Crippen molar-refractivity contribution in [1.82, 2.24) is 10.2 Å². The number of esters is 1. The number of nitrogens with one attached hydrogen (secondary N) is 1. The summed E-state index contributed by atoms with van der Waals surface area (Å²) in [6.45, 7) is 1.29. The van der Waals surface area contributed by atoms with Crippen LogP contribution < -0.4 is 5.32 Å². The minimum Gasteiger partial charge on any atom is -0.469 e. The molecule has 1 saturated carbocycles. The zero-order chi connectivity index (χ0) is 15.1. The number of thiophene rings is 1. The van der Waals surface area contributed by atoms with E-state index in [0.717, 1.165) is 25.7 Å². The van der Waals surface area contributed by atoms with Gasteiger partial charge in [0.05, 0.1) is 13.7 Å². The summed E-state index contributed by atoms with van der Waals surface area (Å²) < 4.78 is 4.58. The molecule has 2 rings (SSSR count). The number of nitrogens with zero attached hydrogens (tertiary/aromatic N) is 1. The normalized spacial score (nSPS) is 13.8. The lowest BCUT2D eigenvalue weighted by Crippen LogP contribution is -2.41. The molecule has 1 aliphatic carbocycles. The highest BCUT2D eigenvalue weighted by molar-refractivity contribution is 7.09. The van der Waals surface area contributed by atoms with Crippen molar-refractivity contribution in [3.05, 3.63) is 22.4 Å². The first-order valence-corrected chi connectivity index (χ1v) is 8.22. The summed E-state index contributed by atoms with van der Waals surface area (Å²) in [5.74, 6) is -0.196. The van der Waals surface area contributed by atoms with Crippen LogP contribution in [-0.4, -0.2) is 36.6 Å². The molecule has 1 aromatic heterocycles. The average molecular weight is 310 g/mol. The Morgan fingerprint density at radius 1 is 1.43 bits per heavy atom. The van der Waals surface area contributed by atoms with Crippen LogP contribution in [0.1, 0.15) is 37.0 Å². The van der Waals surface area contributed by atoms with Crippen molar-refractivity contribution >= 4 is 23.3 Å². The number of ether oxygens (including phenoxy) is 1. The molecule has 116 valence electrons. The molecule has 0 atom stereocenters. The van der Waals surface area contributed by atoms with E-state index < -0.39 is 0 Å². The summed E-state index contributed by atoms with van der Waals surface area (Å²) in [6, 6.07) is 4.46. The van der Waals surface area contributed by atoms with E-state index in [1.807, 2.05) is 16.3 Å². The van der Waals surface area contributed by atoms with E-state index in [2.05, 4.69) is 16.1 Å². The predicted molar refractivity (Wildman–Crippen MR) is 82.1 cm³/mol.